The molecular weight excluding hydrogens is 408 g/mol. The van der Waals surface area contributed by atoms with E-state index in [-0.39, 0.29) is 11.9 Å². The highest BCUT2D eigenvalue weighted by atomic mass is 16.6. The molecule has 2 atom stereocenters. The SMILES string of the molecule is CCOC(=O)[C@@]1(C)Cc2cccc3c4c5c(cccc5c(c23)O1)C[C@](C)(C(=O)OCC)O4. The van der Waals surface area contributed by atoms with E-state index in [1.807, 2.05) is 36.4 Å². The van der Waals surface area contributed by atoms with Crippen LogP contribution in [0.5, 0.6) is 11.5 Å². The van der Waals surface area contributed by atoms with Gasteiger partial charge in [-0.2, -0.15) is 0 Å². The second-order valence-electron chi connectivity index (χ2n) is 8.80. The lowest BCUT2D eigenvalue weighted by Gasteiger charge is -2.38. The van der Waals surface area contributed by atoms with Crippen molar-refractivity contribution in [3.63, 3.8) is 0 Å². The maximum Gasteiger partial charge on any atom is 0.350 e. The van der Waals surface area contributed by atoms with Crippen LogP contribution in [0.4, 0.5) is 0 Å². The molecule has 6 nitrogen and oxygen atoms in total. The van der Waals surface area contributed by atoms with E-state index in [0.29, 0.717) is 37.6 Å². The smallest absolute Gasteiger partial charge is 0.350 e. The number of esters is 2. The molecule has 0 bridgehead atoms. The number of benzene rings is 3. The number of hydrogen-bond donors (Lipinski definition) is 0. The highest BCUT2D eigenvalue weighted by Gasteiger charge is 2.46. The lowest BCUT2D eigenvalue weighted by atomic mass is 9.83. The van der Waals surface area contributed by atoms with Crippen molar-refractivity contribution in [3.8, 4) is 11.5 Å². The Labute approximate surface area is 186 Å². The third-order valence-electron chi connectivity index (χ3n) is 6.37. The van der Waals surface area contributed by atoms with E-state index in [2.05, 4.69) is 0 Å². The minimum atomic E-state index is -1.12. The molecule has 0 saturated heterocycles. The molecule has 0 unspecified atom stereocenters. The van der Waals surface area contributed by atoms with E-state index in [0.717, 1.165) is 32.7 Å². The number of fused-ring (bicyclic) bond motifs is 2. The zero-order valence-corrected chi connectivity index (χ0v) is 18.7. The second kappa shape index (κ2) is 7.12. The average molecular weight is 434 g/mol. The number of ether oxygens (including phenoxy) is 4. The van der Waals surface area contributed by atoms with Crippen LogP contribution >= 0.6 is 0 Å². The van der Waals surface area contributed by atoms with Gasteiger partial charge < -0.3 is 18.9 Å². The topological polar surface area (TPSA) is 71.1 Å². The minimum absolute atomic E-state index is 0.291. The molecule has 2 aliphatic rings. The fourth-order valence-electron chi connectivity index (χ4n) is 4.94. The first-order valence-corrected chi connectivity index (χ1v) is 11.0. The highest BCUT2D eigenvalue weighted by Crippen LogP contribution is 2.52. The Balaban J connectivity index is 1.77. The molecule has 6 heteroatoms. The molecule has 0 radical (unpaired) electrons. The van der Waals surface area contributed by atoms with Crippen molar-refractivity contribution in [2.45, 2.75) is 51.7 Å². The van der Waals surface area contributed by atoms with Gasteiger partial charge in [0.1, 0.15) is 11.5 Å². The molecule has 0 amide bonds. The number of carbonyl (C=O) groups excluding carboxylic acids is 2. The Morgan fingerprint density at radius 1 is 0.781 bits per heavy atom. The summed E-state index contributed by atoms with van der Waals surface area (Å²) >= 11 is 0. The van der Waals surface area contributed by atoms with Crippen LogP contribution in [-0.4, -0.2) is 36.4 Å². The number of hydrogen-bond acceptors (Lipinski definition) is 6. The maximum atomic E-state index is 12.8. The van der Waals surface area contributed by atoms with Crippen molar-refractivity contribution in [2.75, 3.05) is 13.2 Å². The van der Waals surface area contributed by atoms with Gasteiger partial charge in [-0.05, 0) is 38.8 Å². The molecule has 3 aromatic carbocycles. The van der Waals surface area contributed by atoms with Crippen LogP contribution in [0, 0.1) is 0 Å². The van der Waals surface area contributed by atoms with Crippen molar-refractivity contribution >= 4 is 33.5 Å². The van der Waals surface area contributed by atoms with Crippen molar-refractivity contribution in [2.24, 2.45) is 0 Å². The van der Waals surface area contributed by atoms with Crippen LogP contribution in [0.25, 0.3) is 21.5 Å². The van der Waals surface area contributed by atoms with Crippen LogP contribution in [0.3, 0.4) is 0 Å². The van der Waals surface area contributed by atoms with Crippen molar-refractivity contribution in [1.82, 2.24) is 0 Å². The van der Waals surface area contributed by atoms with Gasteiger partial charge in [0.15, 0.2) is 0 Å². The highest BCUT2D eigenvalue weighted by molar-refractivity contribution is 6.14. The van der Waals surface area contributed by atoms with E-state index in [1.54, 1.807) is 27.7 Å². The molecule has 0 N–H and O–H groups in total. The maximum absolute atomic E-state index is 12.8. The van der Waals surface area contributed by atoms with Gasteiger partial charge in [-0.15, -0.1) is 0 Å². The predicted octanol–water partition coefficient (Wildman–Crippen LogP) is 4.51. The summed E-state index contributed by atoms with van der Waals surface area (Å²) in [4.78, 5) is 25.6. The monoisotopic (exact) mass is 434 g/mol. The van der Waals surface area contributed by atoms with E-state index in [1.165, 1.54) is 0 Å². The average Bonchev–Trinajstić information content (AvgIpc) is 2.77. The van der Waals surface area contributed by atoms with Gasteiger partial charge in [0.05, 0.1) is 13.2 Å². The van der Waals surface area contributed by atoms with Crippen LogP contribution in [0.1, 0.15) is 38.8 Å². The second-order valence-corrected chi connectivity index (χ2v) is 8.80. The first kappa shape index (κ1) is 20.6. The fourth-order valence-corrected chi connectivity index (χ4v) is 4.94. The molecule has 0 spiro atoms. The van der Waals surface area contributed by atoms with Crippen LogP contribution < -0.4 is 9.47 Å². The van der Waals surface area contributed by atoms with Crippen LogP contribution in [0.2, 0.25) is 0 Å². The molecule has 5 rings (SSSR count). The quantitative estimate of drug-likeness (QED) is 0.445. The molecule has 0 fully saturated rings. The minimum Gasteiger partial charge on any atom is -0.474 e. The van der Waals surface area contributed by atoms with Crippen molar-refractivity contribution < 1.29 is 28.5 Å². The largest absolute Gasteiger partial charge is 0.474 e. The first-order chi connectivity index (χ1) is 15.3. The molecule has 0 aliphatic carbocycles. The zero-order valence-electron chi connectivity index (χ0n) is 18.7. The predicted molar refractivity (Wildman–Crippen MR) is 120 cm³/mol. The summed E-state index contributed by atoms with van der Waals surface area (Å²) < 4.78 is 23.5. The molecule has 32 heavy (non-hydrogen) atoms. The Bertz CT molecular complexity index is 1180. The summed E-state index contributed by atoms with van der Waals surface area (Å²) in [5.41, 5.74) is -0.275. The van der Waals surface area contributed by atoms with Crippen LogP contribution in [-0.2, 0) is 31.9 Å². The van der Waals surface area contributed by atoms with Gasteiger partial charge in [0, 0.05) is 34.4 Å². The lowest BCUT2D eigenvalue weighted by Crippen LogP contribution is -2.47. The van der Waals surface area contributed by atoms with E-state index < -0.39 is 11.2 Å². The summed E-state index contributed by atoms with van der Waals surface area (Å²) in [6.07, 6.45) is 0.770. The van der Waals surface area contributed by atoms with Crippen molar-refractivity contribution in [3.05, 3.63) is 47.5 Å². The molecule has 2 aliphatic heterocycles. The zero-order chi connectivity index (χ0) is 22.7. The van der Waals surface area contributed by atoms with Gasteiger partial charge in [-0.25, -0.2) is 9.59 Å². The summed E-state index contributed by atoms with van der Waals surface area (Å²) in [6.45, 7) is 7.71. The molecular formula is C26H26O6. The Morgan fingerprint density at radius 2 is 1.19 bits per heavy atom. The standard InChI is InChI=1S/C26H26O6/c1-5-29-23(27)25(3)13-15-9-7-12-18-19(15)21(31-25)17-11-8-10-16-14-26(4,24(28)30-6-2)32-22(18)20(16)17/h7-12H,5-6,13-14H2,1-4H3/t25-,26-/m1/s1. The lowest BCUT2D eigenvalue weighted by molar-refractivity contribution is -0.161. The molecule has 3 aromatic rings. The van der Waals surface area contributed by atoms with Crippen molar-refractivity contribution in [1.29, 1.82) is 0 Å². The molecule has 166 valence electrons. The fraction of sp³-hybridized carbons (Fsp3) is 0.385. The summed E-state index contributed by atoms with van der Waals surface area (Å²) in [5.74, 6) is 0.547. The van der Waals surface area contributed by atoms with Gasteiger partial charge in [-0.3, -0.25) is 0 Å². The summed E-state index contributed by atoms with van der Waals surface area (Å²) in [7, 11) is 0. The summed E-state index contributed by atoms with van der Waals surface area (Å²) in [6, 6.07) is 11.8. The third-order valence-corrected chi connectivity index (χ3v) is 6.37. The molecule has 0 saturated carbocycles. The van der Waals surface area contributed by atoms with E-state index in [4.69, 9.17) is 18.9 Å². The normalized spacial score (nSPS) is 23.4. The summed E-state index contributed by atoms with van der Waals surface area (Å²) in [5, 5.41) is 3.53. The van der Waals surface area contributed by atoms with E-state index >= 15 is 0 Å². The van der Waals surface area contributed by atoms with Crippen LogP contribution in [0.15, 0.2) is 36.4 Å². The van der Waals surface area contributed by atoms with Gasteiger partial charge >= 0.3 is 11.9 Å². The number of rotatable bonds is 4. The Kier molecular flexibility index (Phi) is 4.59. The number of carbonyl (C=O) groups is 2. The van der Waals surface area contributed by atoms with Gasteiger partial charge in [0.2, 0.25) is 11.2 Å². The van der Waals surface area contributed by atoms with E-state index in [9.17, 15) is 9.59 Å². The van der Waals surface area contributed by atoms with Gasteiger partial charge in [-0.1, -0.05) is 36.4 Å². The Morgan fingerprint density at radius 3 is 1.56 bits per heavy atom. The first-order valence-electron chi connectivity index (χ1n) is 11.0. The molecule has 2 heterocycles. The third kappa shape index (κ3) is 2.85. The van der Waals surface area contributed by atoms with Gasteiger partial charge in [0.25, 0.3) is 0 Å². The molecule has 0 aromatic heterocycles. The Hall–Kier alpha value is -3.28.